The largest absolute Gasteiger partial charge is 0.457 e. The topological polar surface area (TPSA) is 87.0 Å². The van der Waals surface area contributed by atoms with Gasteiger partial charge < -0.3 is 20.1 Å². The number of ether oxygens (including phenoxy) is 1. The number of carbonyl (C=O) groups excluding carboxylic acids is 1. The highest BCUT2D eigenvalue weighted by Crippen LogP contribution is 2.48. The molecule has 0 saturated heterocycles. The van der Waals surface area contributed by atoms with Crippen LogP contribution in [0, 0.1) is 17.3 Å². The average molecular weight is 288 g/mol. The molecule has 0 aliphatic heterocycles. The maximum Gasteiger partial charge on any atom is 0.308 e. The molecule has 0 unspecified atom stereocenters. The van der Waals surface area contributed by atoms with Gasteiger partial charge in [-0.05, 0) is 31.1 Å². The van der Waals surface area contributed by atoms with E-state index in [0.717, 1.165) is 12.8 Å². The van der Waals surface area contributed by atoms with E-state index in [0.29, 0.717) is 5.92 Å². The smallest absolute Gasteiger partial charge is 0.308 e. The van der Waals surface area contributed by atoms with Gasteiger partial charge in [0, 0.05) is 0 Å². The predicted octanol–water partition coefficient (Wildman–Crippen LogP) is 1.09. The van der Waals surface area contributed by atoms with E-state index in [2.05, 4.69) is 0 Å². The Kier molecular flexibility index (Phi) is 5.58. The highest BCUT2D eigenvalue weighted by Gasteiger charge is 2.48. The van der Waals surface area contributed by atoms with Crippen LogP contribution in [0.15, 0.2) is 0 Å². The first-order valence-electron chi connectivity index (χ1n) is 7.33. The number of hydrogen-bond acceptors (Lipinski definition) is 5. The number of aliphatic hydroxyl groups excluding tert-OH is 3. The molecule has 3 N–H and O–H groups in total. The lowest BCUT2D eigenvalue weighted by atomic mass is 9.77. The van der Waals surface area contributed by atoms with Crippen molar-refractivity contribution in [1.82, 2.24) is 0 Å². The van der Waals surface area contributed by atoms with Crippen LogP contribution >= 0.6 is 0 Å². The zero-order valence-electron chi connectivity index (χ0n) is 13.0. The minimum absolute atomic E-state index is 0.350. The molecular weight excluding hydrogens is 260 g/mol. The minimum Gasteiger partial charge on any atom is -0.457 e. The van der Waals surface area contributed by atoms with Crippen molar-refractivity contribution in [2.75, 3.05) is 0 Å². The minimum atomic E-state index is -1.30. The summed E-state index contributed by atoms with van der Waals surface area (Å²) in [6.07, 6.45) is -2.44. The quantitative estimate of drug-likeness (QED) is 0.611. The fourth-order valence-corrected chi connectivity index (χ4v) is 2.41. The molecule has 0 heterocycles. The van der Waals surface area contributed by atoms with E-state index in [9.17, 15) is 20.1 Å². The summed E-state index contributed by atoms with van der Waals surface area (Å²) in [5.74, 6) is -0.481. The van der Waals surface area contributed by atoms with Gasteiger partial charge in [0.25, 0.3) is 0 Å². The second-order valence-corrected chi connectivity index (χ2v) is 6.83. The molecule has 0 aromatic carbocycles. The van der Waals surface area contributed by atoms with E-state index in [1.165, 1.54) is 6.92 Å². The van der Waals surface area contributed by atoms with E-state index >= 15 is 0 Å². The van der Waals surface area contributed by atoms with Crippen molar-refractivity contribution in [2.45, 2.75) is 71.9 Å². The van der Waals surface area contributed by atoms with Crippen molar-refractivity contribution < 1.29 is 24.9 Å². The fourth-order valence-electron chi connectivity index (χ4n) is 2.41. The van der Waals surface area contributed by atoms with E-state index < -0.39 is 35.8 Å². The van der Waals surface area contributed by atoms with Gasteiger partial charge in [0.15, 0.2) is 6.10 Å². The van der Waals surface area contributed by atoms with Crippen LogP contribution in [-0.4, -0.2) is 45.7 Å². The zero-order chi connectivity index (χ0) is 15.7. The van der Waals surface area contributed by atoms with E-state index in [-0.39, 0.29) is 5.92 Å². The molecule has 0 radical (unpaired) electrons. The lowest BCUT2D eigenvalue weighted by Crippen LogP contribution is -2.52. The lowest BCUT2D eigenvalue weighted by molar-refractivity contribution is -0.182. The van der Waals surface area contributed by atoms with E-state index in [1.54, 1.807) is 13.8 Å². The predicted molar refractivity (Wildman–Crippen MR) is 74.9 cm³/mol. The Labute approximate surface area is 121 Å². The van der Waals surface area contributed by atoms with Crippen LogP contribution in [0.5, 0.6) is 0 Å². The molecule has 0 aromatic heterocycles. The first-order valence-corrected chi connectivity index (χ1v) is 7.33. The van der Waals surface area contributed by atoms with Crippen LogP contribution in [0.2, 0.25) is 0 Å². The first-order chi connectivity index (χ1) is 9.09. The number of rotatable bonds is 7. The van der Waals surface area contributed by atoms with Gasteiger partial charge >= 0.3 is 5.97 Å². The Bertz CT molecular complexity index is 333. The number of aliphatic hydroxyl groups is 3. The van der Waals surface area contributed by atoms with E-state index in [1.807, 2.05) is 13.8 Å². The second kappa shape index (κ2) is 6.41. The van der Waals surface area contributed by atoms with Crippen molar-refractivity contribution in [3.63, 3.8) is 0 Å². The van der Waals surface area contributed by atoms with Crippen LogP contribution in [0.4, 0.5) is 0 Å². The molecule has 0 amide bonds. The summed E-state index contributed by atoms with van der Waals surface area (Å²) in [4.78, 5) is 11.7. The molecule has 1 rings (SSSR count). The van der Waals surface area contributed by atoms with Gasteiger partial charge in [-0.2, -0.15) is 0 Å². The molecule has 0 bridgehead atoms. The summed E-state index contributed by atoms with van der Waals surface area (Å²) in [7, 11) is 0. The van der Waals surface area contributed by atoms with Gasteiger partial charge in [0.2, 0.25) is 0 Å². The molecule has 1 saturated carbocycles. The summed E-state index contributed by atoms with van der Waals surface area (Å²) in [6, 6.07) is 0. The van der Waals surface area contributed by atoms with Gasteiger partial charge in [-0.1, -0.05) is 27.7 Å². The fraction of sp³-hybridized carbons (Fsp3) is 0.933. The van der Waals surface area contributed by atoms with Crippen LogP contribution < -0.4 is 0 Å². The highest BCUT2D eigenvalue weighted by atomic mass is 16.6. The molecule has 0 aromatic rings. The molecule has 20 heavy (non-hydrogen) atoms. The first kappa shape index (κ1) is 17.4. The molecule has 4 atom stereocenters. The number of esters is 1. The molecule has 1 aliphatic rings. The third kappa shape index (κ3) is 3.93. The van der Waals surface area contributed by atoms with Gasteiger partial charge in [0.05, 0.1) is 18.1 Å². The van der Waals surface area contributed by atoms with Crippen LogP contribution in [0.3, 0.4) is 0 Å². The van der Waals surface area contributed by atoms with Crippen molar-refractivity contribution in [3.05, 3.63) is 0 Å². The Hall–Kier alpha value is -0.650. The lowest BCUT2D eigenvalue weighted by Gasteiger charge is -2.37. The maximum absolute atomic E-state index is 11.7. The highest BCUT2D eigenvalue weighted by molar-refractivity contribution is 5.71. The standard InChI is InChI=1S/C15H28O5/c1-8(2)14(19)20-12(9(3)16)11(17)13(18)15(4,5)10-6-7-10/h8-13,16-18H,6-7H2,1-5H3/t9-,11-,12-,13+/m1/s1. The second-order valence-electron chi connectivity index (χ2n) is 6.83. The summed E-state index contributed by atoms with van der Waals surface area (Å²) >= 11 is 0. The summed E-state index contributed by atoms with van der Waals surface area (Å²) in [5, 5.41) is 30.4. The molecule has 1 fully saturated rings. The number of carbonyl (C=O) groups is 1. The van der Waals surface area contributed by atoms with Crippen LogP contribution in [0.25, 0.3) is 0 Å². The van der Waals surface area contributed by atoms with Crippen LogP contribution in [-0.2, 0) is 9.53 Å². The SMILES string of the molecule is CC(C)C(=O)O[C@@H]([C@@H](O)[C@H](O)C(C)(C)C1CC1)[C@@H](C)O. The third-order valence-corrected chi connectivity index (χ3v) is 4.25. The Balaban J connectivity index is 2.77. The number of hydrogen-bond donors (Lipinski definition) is 3. The zero-order valence-corrected chi connectivity index (χ0v) is 13.0. The molecular formula is C15H28O5. The van der Waals surface area contributed by atoms with Crippen LogP contribution in [0.1, 0.15) is 47.5 Å². The van der Waals surface area contributed by atoms with Crippen molar-refractivity contribution >= 4 is 5.97 Å². The van der Waals surface area contributed by atoms with Gasteiger partial charge in [0.1, 0.15) is 6.10 Å². The Morgan fingerprint density at radius 2 is 1.65 bits per heavy atom. The summed E-state index contributed by atoms with van der Waals surface area (Å²) in [6.45, 7) is 8.58. The maximum atomic E-state index is 11.7. The van der Waals surface area contributed by atoms with Crippen molar-refractivity contribution in [3.8, 4) is 0 Å². The normalized spacial score (nSPS) is 22.2. The Morgan fingerprint density at radius 3 is 2.00 bits per heavy atom. The van der Waals surface area contributed by atoms with Crippen molar-refractivity contribution in [2.24, 2.45) is 17.3 Å². The monoisotopic (exact) mass is 288 g/mol. The molecule has 5 nitrogen and oxygen atoms in total. The van der Waals surface area contributed by atoms with Gasteiger partial charge in [-0.3, -0.25) is 4.79 Å². The molecule has 5 heteroatoms. The molecule has 0 spiro atoms. The summed E-state index contributed by atoms with van der Waals surface area (Å²) < 4.78 is 5.15. The average Bonchev–Trinajstić information content (AvgIpc) is 3.17. The summed E-state index contributed by atoms with van der Waals surface area (Å²) in [5.41, 5.74) is -0.462. The van der Waals surface area contributed by atoms with Gasteiger partial charge in [-0.15, -0.1) is 0 Å². The van der Waals surface area contributed by atoms with Gasteiger partial charge in [-0.25, -0.2) is 0 Å². The Morgan fingerprint density at radius 1 is 1.15 bits per heavy atom. The third-order valence-electron chi connectivity index (χ3n) is 4.25. The molecule has 1 aliphatic carbocycles. The van der Waals surface area contributed by atoms with E-state index in [4.69, 9.17) is 4.74 Å². The van der Waals surface area contributed by atoms with Crippen molar-refractivity contribution in [1.29, 1.82) is 0 Å². The molecule has 118 valence electrons.